The van der Waals surface area contributed by atoms with Gasteiger partial charge in [-0.15, -0.1) is 0 Å². The second-order valence-corrected chi connectivity index (χ2v) is 4.89. The number of hydrogen-bond donors (Lipinski definition) is 2. The number of benzene rings is 1. The standard InChI is InChI=1S/C16H18FN3O/c1-11-6-7-13(8-15(11)17)9-18-16(21)19-10-14-5-3-4-12(2)20-14/h3-8H,9-10H2,1-2H3,(H2,18,19,21). The fourth-order valence-electron chi connectivity index (χ4n) is 1.86. The van der Waals surface area contributed by atoms with Gasteiger partial charge in [0.15, 0.2) is 0 Å². The van der Waals surface area contributed by atoms with Gasteiger partial charge in [-0.3, -0.25) is 4.98 Å². The summed E-state index contributed by atoms with van der Waals surface area (Å²) in [5.41, 5.74) is 3.02. The van der Waals surface area contributed by atoms with Crippen molar-refractivity contribution in [3.63, 3.8) is 0 Å². The summed E-state index contributed by atoms with van der Waals surface area (Å²) in [6, 6.07) is 10.3. The van der Waals surface area contributed by atoms with Crippen LogP contribution in [0.25, 0.3) is 0 Å². The van der Waals surface area contributed by atoms with Crippen LogP contribution in [0, 0.1) is 19.7 Å². The normalized spacial score (nSPS) is 10.2. The lowest BCUT2D eigenvalue weighted by atomic mass is 10.1. The lowest BCUT2D eigenvalue weighted by molar-refractivity contribution is 0.240. The minimum absolute atomic E-state index is 0.265. The Morgan fingerprint density at radius 2 is 1.90 bits per heavy atom. The molecule has 1 aromatic heterocycles. The topological polar surface area (TPSA) is 54.0 Å². The number of pyridine rings is 1. The van der Waals surface area contributed by atoms with Gasteiger partial charge in [-0.25, -0.2) is 9.18 Å². The third-order valence-corrected chi connectivity index (χ3v) is 3.07. The van der Waals surface area contributed by atoms with Gasteiger partial charge in [-0.05, 0) is 43.2 Å². The number of rotatable bonds is 4. The Kier molecular flexibility index (Phi) is 4.87. The van der Waals surface area contributed by atoms with E-state index in [1.165, 1.54) is 6.07 Å². The van der Waals surface area contributed by atoms with Crippen LogP contribution >= 0.6 is 0 Å². The maximum atomic E-state index is 13.4. The molecular formula is C16H18FN3O. The van der Waals surface area contributed by atoms with E-state index < -0.39 is 0 Å². The number of nitrogens with zero attached hydrogens (tertiary/aromatic N) is 1. The van der Waals surface area contributed by atoms with Crippen LogP contribution in [0.2, 0.25) is 0 Å². The summed E-state index contributed by atoms with van der Waals surface area (Å²) in [5, 5.41) is 5.40. The fraction of sp³-hybridized carbons (Fsp3) is 0.250. The zero-order valence-corrected chi connectivity index (χ0v) is 12.1. The van der Waals surface area contributed by atoms with Crippen molar-refractivity contribution in [2.75, 3.05) is 0 Å². The van der Waals surface area contributed by atoms with Crippen LogP contribution in [-0.4, -0.2) is 11.0 Å². The summed E-state index contributed by atoms with van der Waals surface area (Å²) in [6.07, 6.45) is 0. The van der Waals surface area contributed by atoms with Gasteiger partial charge in [0.05, 0.1) is 12.2 Å². The van der Waals surface area contributed by atoms with E-state index in [4.69, 9.17) is 0 Å². The molecule has 2 rings (SSSR count). The summed E-state index contributed by atoms with van der Waals surface area (Å²) < 4.78 is 13.4. The van der Waals surface area contributed by atoms with Gasteiger partial charge in [0.25, 0.3) is 0 Å². The summed E-state index contributed by atoms with van der Waals surface area (Å²) in [7, 11) is 0. The minimum atomic E-state index is -0.306. The Bertz CT molecular complexity index is 643. The fourth-order valence-corrected chi connectivity index (χ4v) is 1.86. The van der Waals surface area contributed by atoms with Crippen molar-refractivity contribution in [2.45, 2.75) is 26.9 Å². The highest BCUT2D eigenvalue weighted by Gasteiger charge is 2.03. The smallest absolute Gasteiger partial charge is 0.315 e. The SMILES string of the molecule is Cc1cccc(CNC(=O)NCc2ccc(C)c(F)c2)n1. The molecule has 0 aliphatic rings. The third kappa shape index (κ3) is 4.56. The van der Waals surface area contributed by atoms with Gasteiger partial charge in [0.1, 0.15) is 5.82 Å². The summed E-state index contributed by atoms with van der Waals surface area (Å²) in [4.78, 5) is 16.0. The predicted molar refractivity (Wildman–Crippen MR) is 79.2 cm³/mol. The van der Waals surface area contributed by atoms with E-state index in [9.17, 15) is 9.18 Å². The summed E-state index contributed by atoms with van der Waals surface area (Å²) in [6.45, 7) is 4.24. The third-order valence-electron chi connectivity index (χ3n) is 3.07. The van der Waals surface area contributed by atoms with Gasteiger partial charge in [-0.1, -0.05) is 18.2 Å². The van der Waals surface area contributed by atoms with Crippen LogP contribution in [0.1, 0.15) is 22.5 Å². The first kappa shape index (κ1) is 15.0. The van der Waals surface area contributed by atoms with E-state index in [2.05, 4.69) is 15.6 Å². The second kappa shape index (κ2) is 6.83. The second-order valence-electron chi connectivity index (χ2n) is 4.89. The molecule has 0 aliphatic heterocycles. The van der Waals surface area contributed by atoms with Crippen molar-refractivity contribution in [1.82, 2.24) is 15.6 Å². The molecule has 4 nitrogen and oxygen atoms in total. The minimum Gasteiger partial charge on any atom is -0.334 e. The first-order valence-corrected chi connectivity index (χ1v) is 6.74. The van der Waals surface area contributed by atoms with Crippen molar-refractivity contribution in [1.29, 1.82) is 0 Å². The molecule has 0 aliphatic carbocycles. The number of aromatic nitrogens is 1. The number of hydrogen-bond acceptors (Lipinski definition) is 2. The van der Waals surface area contributed by atoms with Gasteiger partial charge in [0, 0.05) is 12.2 Å². The number of urea groups is 1. The van der Waals surface area contributed by atoms with E-state index in [0.29, 0.717) is 12.1 Å². The quantitative estimate of drug-likeness (QED) is 0.908. The highest BCUT2D eigenvalue weighted by atomic mass is 19.1. The van der Waals surface area contributed by atoms with Crippen molar-refractivity contribution in [3.05, 3.63) is 64.7 Å². The number of carbonyl (C=O) groups is 1. The molecule has 2 amide bonds. The van der Waals surface area contributed by atoms with Crippen molar-refractivity contribution >= 4 is 6.03 Å². The summed E-state index contributed by atoms with van der Waals surface area (Å²) in [5.74, 6) is -0.265. The van der Waals surface area contributed by atoms with E-state index >= 15 is 0 Å². The molecule has 5 heteroatoms. The highest BCUT2D eigenvalue weighted by molar-refractivity contribution is 5.73. The molecule has 1 heterocycles. The molecular weight excluding hydrogens is 269 g/mol. The van der Waals surface area contributed by atoms with E-state index in [-0.39, 0.29) is 18.4 Å². The van der Waals surface area contributed by atoms with Crippen LogP contribution < -0.4 is 10.6 Å². The number of halogens is 1. The van der Waals surface area contributed by atoms with Crippen LogP contribution in [0.15, 0.2) is 36.4 Å². The molecule has 21 heavy (non-hydrogen) atoms. The Morgan fingerprint density at radius 1 is 1.14 bits per heavy atom. The number of amides is 2. The Hall–Kier alpha value is -2.43. The molecule has 0 radical (unpaired) electrons. The van der Waals surface area contributed by atoms with E-state index in [1.54, 1.807) is 19.1 Å². The van der Waals surface area contributed by atoms with E-state index in [1.807, 2.05) is 25.1 Å². The number of nitrogens with one attached hydrogen (secondary N) is 2. The molecule has 0 saturated carbocycles. The molecule has 0 fully saturated rings. The Balaban J connectivity index is 1.80. The highest BCUT2D eigenvalue weighted by Crippen LogP contribution is 2.08. The monoisotopic (exact) mass is 287 g/mol. The van der Waals surface area contributed by atoms with Gasteiger partial charge in [-0.2, -0.15) is 0 Å². The van der Waals surface area contributed by atoms with E-state index in [0.717, 1.165) is 17.0 Å². The van der Waals surface area contributed by atoms with Crippen LogP contribution in [0.3, 0.4) is 0 Å². The van der Waals surface area contributed by atoms with Crippen LogP contribution in [0.4, 0.5) is 9.18 Å². The Morgan fingerprint density at radius 3 is 2.62 bits per heavy atom. The molecule has 0 unspecified atom stereocenters. The first-order valence-electron chi connectivity index (χ1n) is 6.74. The van der Waals surface area contributed by atoms with Crippen molar-refractivity contribution in [3.8, 4) is 0 Å². The lowest BCUT2D eigenvalue weighted by Crippen LogP contribution is -2.34. The first-order chi connectivity index (χ1) is 10.0. The van der Waals surface area contributed by atoms with Crippen molar-refractivity contribution < 1.29 is 9.18 Å². The van der Waals surface area contributed by atoms with Crippen LogP contribution in [0.5, 0.6) is 0 Å². The average molecular weight is 287 g/mol. The number of aryl methyl sites for hydroxylation is 2. The lowest BCUT2D eigenvalue weighted by Gasteiger charge is -2.08. The Labute approximate surface area is 123 Å². The molecule has 2 aromatic rings. The number of carbonyl (C=O) groups excluding carboxylic acids is 1. The molecule has 0 spiro atoms. The zero-order valence-electron chi connectivity index (χ0n) is 12.1. The summed E-state index contributed by atoms with van der Waals surface area (Å²) >= 11 is 0. The van der Waals surface area contributed by atoms with Crippen molar-refractivity contribution in [2.24, 2.45) is 0 Å². The van der Waals surface area contributed by atoms with Crippen LogP contribution in [-0.2, 0) is 13.1 Å². The maximum absolute atomic E-state index is 13.4. The van der Waals surface area contributed by atoms with Gasteiger partial charge in [0.2, 0.25) is 0 Å². The largest absolute Gasteiger partial charge is 0.334 e. The molecule has 0 saturated heterocycles. The molecule has 0 bridgehead atoms. The molecule has 2 N–H and O–H groups in total. The van der Waals surface area contributed by atoms with Gasteiger partial charge >= 0.3 is 6.03 Å². The molecule has 0 atom stereocenters. The molecule has 110 valence electrons. The predicted octanol–water partition coefficient (Wildman–Crippen LogP) is 2.84. The maximum Gasteiger partial charge on any atom is 0.315 e. The molecule has 1 aromatic carbocycles. The van der Waals surface area contributed by atoms with Gasteiger partial charge < -0.3 is 10.6 Å². The average Bonchev–Trinajstić information content (AvgIpc) is 2.46. The zero-order chi connectivity index (χ0) is 15.2.